The molecule has 0 bridgehead atoms. The molecule has 0 spiro atoms. The standard InChI is InChI=1S/C13H15N/c1-10(2)12-8-13(14-9-12)11-6-4-3-5-7-11/h3-8,10H,9H2,1-2H3. The fraction of sp³-hybridized carbons (Fsp3) is 0.308. The van der Waals surface area contributed by atoms with Crippen molar-refractivity contribution in [2.24, 2.45) is 10.9 Å². The smallest absolute Gasteiger partial charge is 0.0650 e. The Morgan fingerprint density at radius 1 is 1.14 bits per heavy atom. The zero-order valence-electron chi connectivity index (χ0n) is 8.70. The van der Waals surface area contributed by atoms with Gasteiger partial charge in [-0.1, -0.05) is 44.2 Å². The Balaban J connectivity index is 2.23. The molecule has 0 aliphatic carbocycles. The van der Waals surface area contributed by atoms with Crippen LogP contribution in [-0.4, -0.2) is 12.3 Å². The summed E-state index contributed by atoms with van der Waals surface area (Å²) in [6, 6.07) is 10.4. The maximum atomic E-state index is 4.53. The van der Waals surface area contributed by atoms with E-state index in [0.717, 1.165) is 12.3 Å². The minimum absolute atomic E-state index is 0.611. The summed E-state index contributed by atoms with van der Waals surface area (Å²) in [4.78, 5) is 4.53. The summed E-state index contributed by atoms with van der Waals surface area (Å²) >= 11 is 0. The Kier molecular flexibility index (Phi) is 2.49. The highest BCUT2D eigenvalue weighted by atomic mass is 14.8. The van der Waals surface area contributed by atoms with E-state index in [-0.39, 0.29) is 0 Å². The van der Waals surface area contributed by atoms with E-state index in [1.807, 2.05) is 6.07 Å². The highest BCUT2D eigenvalue weighted by Gasteiger charge is 2.11. The van der Waals surface area contributed by atoms with Gasteiger partial charge in [0.25, 0.3) is 0 Å². The van der Waals surface area contributed by atoms with E-state index in [9.17, 15) is 0 Å². The molecular formula is C13H15N. The van der Waals surface area contributed by atoms with Crippen LogP contribution in [0.5, 0.6) is 0 Å². The van der Waals surface area contributed by atoms with Crippen LogP contribution in [-0.2, 0) is 0 Å². The minimum Gasteiger partial charge on any atom is -0.280 e. The number of nitrogens with zero attached hydrogens (tertiary/aromatic N) is 1. The molecule has 1 aliphatic heterocycles. The third-order valence-electron chi connectivity index (χ3n) is 2.57. The minimum atomic E-state index is 0.611. The van der Waals surface area contributed by atoms with Crippen LogP contribution in [0.1, 0.15) is 19.4 Å². The molecular weight excluding hydrogens is 170 g/mol. The summed E-state index contributed by atoms with van der Waals surface area (Å²) in [7, 11) is 0. The average molecular weight is 185 g/mol. The molecule has 2 rings (SSSR count). The summed E-state index contributed by atoms with van der Waals surface area (Å²) in [5, 5.41) is 0. The highest BCUT2D eigenvalue weighted by Crippen LogP contribution is 2.18. The van der Waals surface area contributed by atoms with Crippen LogP contribution in [0.15, 0.2) is 47.0 Å². The number of hydrogen-bond donors (Lipinski definition) is 0. The van der Waals surface area contributed by atoms with Gasteiger partial charge in [-0.3, -0.25) is 4.99 Å². The van der Waals surface area contributed by atoms with Crippen molar-refractivity contribution >= 4 is 5.71 Å². The molecule has 0 aromatic heterocycles. The van der Waals surface area contributed by atoms with Crippen molar-refractivity contribution < 1.29 is 0 Å². The molecule has 0 atom stereocenters. The van der Waals surface area contributed by atoms with Crippen LogP contribution in [0.4, 0.5) is 0 Å². The second kappa shape index (κ2) is 3.79. The molecule has 1 aromatic carbocycles. The summed E-state index contributed by atoms with van der Waals surface area (Å²) in [6.07, 6.45) is 2.22. The van der Waals surface area contributed by atoms with E-state index in [1.54, 1.807) is 0 Å². The Bertz CT molecular complexity index is 371. The molecule has 0 radical (unpaired) electrons. The predicted octanol–water partition coefficient (Wildman–Crippen LogP) is 3.07. The molecule has 0 amide bonds. The number of rotatable bonds is 2. The van der Waals surface area contributed by atoms with Crippen molar-refractivity contribution in [1.82, 2.24) is 0 Å². The van der Waals surface area contributed by atoms with Gasteiger partial charge < -0.3 is 0 Å². The van der Waals surface area contributed by atoms with Crippen molar-refractivity contribution in [3.63, 3.8) is 0 Å². The average Bonchev–Trinajstić information content (AvgIpc) is 2.68. The number of hydrogen-bond acceptors (Lipinski definition) is 1. The van der Waals surface area contributed by atoms with Crippen LogP contribution in [0, 0.1) is 5.92 Å². The van der Waals surface area contributed by atoms with Gasteiger partial charge in [0.2, 0.25) is 0 Å². The van der Waals surface area contributed by atoms with Gasteiger partial charge in [0.1, 0.15) is 0 Å². The van der Waals surface area contributed by atoms with E-state index in [0.29, 0.717) is 5.92 Å². The van der Waals surface area contributed by atoms with Crippen LogP contribution >= 0.6 is 0 Å². The first-order valence-corrected chi connectivity index (χ1v) is 5.07. The van der Waals surface area contributed by atoms with Gasteiger partial charge in [-0.25, -0.2) is 0 Å². The van der Waals surface area contributed by atoms with Gasteiger partial charge in [-0.05, 0) is 23.1 Å². The number of benzene rings is 1. The SMILES string of the molecule is CC(C)C1=CC(c2ccccc2)=NC1. The third-order valence-corrected chi connectivity index (χ3v) is 2.57. The topological polar surface area (TPSA) is 12.4 Å². The molecule has 0 N–H and O–H groups in total. The third kappa shape index (κ3) is 1.77. The van der Waals surface area contributed by atoms with Crippen molar-refractivity contribution in [1.29, 1.82) is 0 Å². The largest absolute Gasteiger partial charge is 0.280 e. The molecule has 0 saturated carbocycles. The molecule has 1 nitrogen and oxygen atoms in total. The normalized spacial score (nSPS) is 15.6. The fourth-order valence-corrected chi connectivity index (χ4v) is 1.58. The second-order valence-electron chi connectivity index (χ2n) is 3.94. The van der Waals surface area contributed by atoms with Crippen LogP contribution in [0.25, 0.3) is 0 Å². The van der Waals surface area contributed by atoms with Crippen molar-refractivity contribution in [3.05, 3.63) is 47.5 Å². The second-order valence-corrected chi connectivity index (χ2v) is 3.94. The van der Waals surface area contributed by atoms with Crippen LogP contribution < -0.4 is 0 Å². The molecule has 1 heterocycles. The molecule has 14 heavy (non-hydrogen) atoms. The Labute approximate surface area is 85.2 Å². The lowest BCUT2D eigenvalue weighted by Gasteiger charge is -2.02. The zero-order valence-corrected chi connectivity index (χ0v) is 8.70. The first kappa shape index (κ1) is 9.20. The Hall–Kier alpha value is -1.37. The number of aliphatic imine (C=N–C) groups is 1. The van der Waals surface area contributed by atoms with Gasteiger partial charge in [-0.15, -0.1) is 0 Å². The van der Waals surface area contributed by atoms with E-state index < -0.39 is 0 Å². The van der Waals surface area contributed by atoms with Gasteiger partial charge in [0.15, 0.2) is 0 Å². The molecule has 0 fully saturated rings. The van der Waals surface area contributed by atoms with Crippen LogP contribution in [0.2, 0.25) is 0 Å². The van der Waals surface area contributed by atoms with Gasteiger partial charge >= 0.3 is 0 Å². The fourth-order valence-electron chi connectivity index (χ4n) is 1.58. The first-order valence-electron chi connectivity index (χ1n) is 5.07. The molecule has 1 heteroatoms. The highest BCUT2D eigenvalue weighted by molar-refractivity contribution is 6.10. The quantitative estimate of drug-likeness (QED) is 0.671. The van der Waals surface area contributed by atoms with Gasteiger partial charge in [0, 0.05) is 0 Å². The van der Waals surface area contributed by atoms with E-state index in [2.05, 4.69) is 49.2 Å². The van der Waals surface area contributed by atoms with E-state index in [4.69, 9.17) is 0 Å². The summed E-state index contributed by atoms with van der Waals surface area (Å²) in [5.41, 5.74) is 3.79. The lowest BCUT2D eigenvalue weighted by molar-refractivity contribution is 0.754. The van der Waals surface area contributed by atoms with Gasteiger partial charge in [0.05, 0.1) is 12.3 Å². The Morgan fingerprint density at radius 2 is 1.86 bits per heavy atom. The van der Waals surface area contributed by atoms with E-state index in [1.165, 1.54) is 11.1 Å². The molecule has 1 aromatic rings. The van der Waals surface area contributed by atoms with E-state index >= 15 is 0 Å². The van der Waals surface area contributed by atoms with Crippen molar-refractivity contribution in [2.75, 3.05) is 6.54 Å². The van der Waals surface area contributed by atoms with Crippen LogP contribution in [0.3, 0.4) is 0 Å². The maximum absolute atomic E-state index is 4.53. The van der Waals surface area contributed by atoms with Gasteiger partial charge in [-0.2, -0.15) is 0 Å². The predicted molar refractivity (Wildman–Crippen MR) is 60.8 cm³/mol. The number of allylic oxidation sites excluding steroid dienone is 1. The first-order chi connectivity index (χ1) is 6.77. The summed E-state index contributed by atoms with van der Waals surface area (Å²) < 4.78 is 0. The molecule has 0 unspecified atom stereocenters. The monoisotopic (exact) mass is 185 g/mol. The summed E-state index contributed by atoms with van der Waals surface area (Å²) in [6.45, 7) is 5.31. The summed E-state index contributed by atoms with van der Waals surface area (Å²) in [5.74, 6) is 0.611. The molecule has 0 saturated heterocycles. The lowest BCUT2D eigenvalue weighted by Crippen LogP contribution is -1.94. The van der Waals surface area contributed by atoms with Crippen molar-refractivity contribution in [3.8, 4) is 0 Å². The molecule has 1 aliphatic rings. The zero-order chi connectivity index (χ0) is 9.97. The lowest BCUT2D eigenvalue weighted by atomic mass is 10.0. The van der Waals surface area contributed by atoms with Crippen molar-refractivity contribution in [2.45, 2.75) is 13.8 Å². The maximum Gasteiger partial charge on any atom is 0.0650 e. The molecule has 72 valence electrons. The Morgan fingerprint density at radius 3 is 2.43 bits per heavy atom.